The lowest BCUT2D eigenvalue weighted by atomic mass is 9.67. The monoisotopic (exact) mass is 406 g/mol. The third-order valence-electron chi connectivity index (χ3n) is 6.85. The van der Waals surface area contributed by atoms with Crippen molar-refractivity contribution in [2.45, 2.75) is 5.41 Å². The van der Waals surface area contributed by atoms with Crippen molar-refractivity contribution in [1.29, 1.82) is 0 Å². The van der Waals surface area contributed by atoms with Crippen molar-refractivity contribution in [3.63, 3.8) is 0 Å². The lowest BCUT2D eigenvalue weighted by molar-refractivity contribution is 0.768. The van der Waals surface area contributed by atoms with E-state index in [1.165, 1.54) is 50.0 Å². The van der Waals surface area contributed by atoms with E-state index in [0.717, 1.165) is 0 Å². The summed E-state index contributed by atoms with van der Waals surface area (Å²) in [4.78, 5) is 0. The van der Waals surface area contributed by atoms with E-state index in [4.69, 9.17) is 0 Å². The van der Waals surface area contributed by atoms with E-state index < -0.39 is 0 Å². The highest BCUT2D eigenvalue weighted by atomic mass is 14.5. The normalized spacial score (nSPS) is 13.4. The summed E-state index contributed by atoms with van der Waals surface area (Å²) < 4.78 is 0. The fourth-order valence-corrected chi connectivity index (χ4v) is 5.47. The van der Waals surface area contributed by atoms with Crippen LogP contribution in [0.25, 0.3) is 22.3 Å². The van der Waals surface area contributed by atoms with Crippen molar-refractivity contribution in [2.75, 3.05) is 0 Å². The van der Waals surface area contributed by atoms with Gasteiger partial charge in [0.05, 0.1) is 5.41 Å². The number of benzene rings is 5. The van der Waals surface area contributed by atoms with Crippen LogP contribution in [-0.4, -0.2) is 7.85 Å². The van der Waals surface area contributed by atoms with E-state index in [-0.39, 0.29) is 5.41 Å². The second-order valence-electron chi connectivity index (χ2n) is 8.62. The Morgan fingerprint density at radius 2 is 0.969 bits per heavy atom. The van der Waals surface area contributed by atoms with Crippen molar-refractivity contribution >= 4 is 13.3 Å². The van der Waals surface area contributed by atoms with Crippen LogP contribution in [0.2, 0.25) is 0 Å². The van der Waals surface area contributed by atoms with Gasteiger partial charge in [0.15, 0.2) is 0 Å². The molecule has 0 nitrogen and oxygen atoms in total. The van der Waals surface area contributed by atoms with Crippen LogP contribution in [0.4, 0.5) is 0 Å². The molecule has 5 aromatic carbocycles. The summed E-state index contributed by atoms with van der Waals surface area (Å²) in [6.07, 6.45) is 0. The van der Waals surface area contributed by atoms with Crippen molar-refractivity contribution in [2.24, 2.45) is 0 Å². The quantitative estimate of drug-likeness (QED) is 0.318. The van der Waals surface area contributed by atoms with Crippen molar-refractivity contribution in [1.82, 2.24) is 0 Å². The fourth-order valence-electron chi connectivity index (χ4n) is 5.47. The standard InChI is InChI=1S/C31H23B/c32-25-20-18-22(19-21-25)26-15-9-17-29-30(26)27-14-7-8-16-28(27)31(29,23-10-3-1-4-11-23)24-12-5-2-6-13-24/h1-21H,32H2. The maximum Gasteiger partial charge on any atom is 0.139 e. The minimum atomic E-state index is -0.338. The molecule has 0 amide bonds. The maximum absolute atomic E-state index is 2.33. The Hall–Kier alpha value is -3.84. The molecule has 0 saturated heterocycles. The lowest BCUT2D eigenvalue weighted by Crippen LogP contribution is -2.28. The zero-order valence-corrected chi connectivity index (χ0v) is 18.1. The fraction of sp³-hybridized carbons (Fsp3) is 0.0323. The first kappa shape index (κ1) is 18.9. The molecule has 1 heteroatoms. The Kier molecular flexibility index (Phi) is 4.36. The summed E-state index contributed by atoms with van der Waals surface area (Å²) in [6.45, 7) is 0. The zero-order chi connectivity index (χ0) is 21.5. The minimum absolute atomic E-state index is 0.338. The van der Waals surface area contributed by atoms with Gasteiger partial charge >= 0.3 is 0 Å². The summed E-state index contributed by atoms with van der Waals surface area (Å²) in [5.41, 5.74) is 11.5. The molecular weight excluding hydrogens is 383 g/mol. The molecule has 32 heavy (non-hydrogen) atoms. The first-order chi connectivity index (χ1) is 15.8. The van der Waals surface area contributed by atoms with Crippen LogP contribution in [-0.2, 0) is 5.41 Å². The Balaban J connectivity index is 1.77. The Labute approximate surface area is 190 Å². The molecule has 0 aromatic heterocycles. The molecule has 5 aromatic rings. The van der Waals surface area contributed by atoms with Gasteiger partial charge in [0.1, 0.15) is 7.85 Å². The van der Waals surface area contributed by atoms with Crippen LogP contribution in [0.15, 0.2) is 127 Å². The number of rotatable bonds is 3. The molecule has 0 radical (unpaired) electrons. The summed E-state index contributed by atoms with van der Waals surface area (Å²) in [6, 6.07) is 46.6. The highest BCUT2D eigenvalue weighted by Gasteiger charge is 2.46. The van der Waals surface area contributed by atoms with Gasteiger partial charge in [-0.05, 0) is 44.5 Å². The van der Waals surface area contributed by atoms with Crippen LogP contribution in [0.3, 0.4) is 0 Å². The van der Waals surface area contributed by atoms with Gasteiger partial charge in [-0.25, -0.2) is 0 Å². The summed E-state index contributed by atoms with van der Waals surface area (Å²) in [5.74, 6) is 0. The number of fused-ring (bicyclic) bond motifs is 3. The molecule has 6 rings (SSSR count). The van der Waals surface area contributed by atoms with Gasteiger partial charge in [0.2, 0.25) is 0 Å². The zero-order valence-electron chi connectivity index (χ0n) is 18.1. The van der Waals surface area contributed by atoms with Crippen LogP contribution < -0.4 is 5.46 Å². The van der Waals surface area contributed by atoms with Crippen LogP contribution in [0.1, 0.15) is 22.3 Å². The lowest BCUT2D eigenvalue weighted by Gasteiger charge is -2.34. The summed E-state index contributed by atoms with van der Waals surface area (Å²) in [7, 11) is 2.14. The Morgan fingerprint density at radius 3 is 1.62 bits per heavy atom. The topological polar surface area (TPSA) is 0 Å². The largest absolute Gasteiger partial charge is 0.139 e. The molecule has 1 aliphatic carbocycles. The highest BCUT2D eigenvalue weighted by molar-refractivity contribution is 6.32. The Bertz CT molecular complexity index is 1360. The second-order valence-corrected chi connectivity index (χ2v) is 8.62. The average Bonchev–Trinajstić information content (AvgIpc) is 3.17. The van der Waals surface area contributed by atoms with E-state index in [2.05, 4.69) is 135 Å². The number of hydrogen-bond acceptors (Lipinski definition) is 0. The summed E-state index contributed by atoms with van der Waals surface area (Å²) in [5, 5.41) is 0. The smallest absolute Gasteiger partial charge is 0.0889 e. The van der Waals surface area contributed by atoms with Crippen molar-refractivity contribution in [3.05, 3.63) is 150 Å². The predicted molar refractivity (Wildman–Crippen MR) is 137 cm³/mol. The van der Waals surface area contributed by atoms with Gasteiger partial charge in [0, 0.05) is 0 Å². The van der Waals surface area contributed by atoms with Crippen LogP contribution in [0.5, 0.6) is 0 Å². The molecule has 0 heterocycles. The van der Waals surface area contributed by atoms with Gasteiger partial charge in [-0.2, -0.15) is 0 Å². The number of hydrogen-bond donors (Lipinski definition) is 0. The van der Waals surface area contributed by atoms with E-state index in [9.17, 15) is 0 Å². The average molecular weight is 406 g/mol. The summed E-state index contributed by atoms with van der Waals surface area (Å²) >= 11 is 0. The molecule has 0 atom stereocenters. The Morgan fingerprint density at radius 1 is 0.438 bits per heavy atom. The molecule has 0 spiro atoms. The molecule has 0 fully saturated rings. The van der Waals surface area contributed by atoms with E-state index in [0.29, 0.717) is 0 Å². The maximum atomic E-state index is 2.33. The molecule has 150 valence electrons. The van der Waals surface area contributed by atoms with Gasteiger partial charge < -0.3 is 0 Å². The molecular formula is C31H23B. The van der Waals surface area contributed by atoms with Gasteiger partial charge in [-0.3, -0.25) is 0 Å². The predicted octanol–water partition coefficient (Wildman–Crippen LogP) is 5.98. The molecule has 0 unspecified atom stereocenters. The third kappa shape index (κ3) is 2.64. The molecule has 0 saturated carbocycles. The minimum Gasteiger partial charge on any atom is -0.0889 e. The van der Waals surface area contributed by atoms with Crippen LogP contribution in [0, 0.1) is 0 Å². The van der Waals surface area contributed by atoms with Crippen molar-refractivity contribution < 1.29 is 0 Å². The first-order valence-corrected chi connectivity index (χ1v) is 11.2. The van der Waals surface area contributed by atoms with E-state index in [1.807, 2.05) is 0 Å². The van der Waals surface area contributed by atoms with E-state index in [1.54, 1.807) is 0 Å². The van der Waals surface area contributed by atoms with E-state index >= 15 is 0 Å². The molecule has 0 N–H and O–H groups in total. The van der Waals surface area contributed by atoms with Crippen LogP contribution >= 0.6 is 0 Å². The van der Waals surface area contributed by atoms with Gasteiger partial charge in [0.25, 0.3) is 0 Å². The molecule has 1 aliphatic rings. The molecule has 0 aliphatic heterocycles. The third-order valence-corrected chi connectivity index (χ3v) is 6.85. The highest BCUT2D eigenvalue weighted by Crippen LogP contribution is 2.57. The second kappa shape index (κ2) is 7.39. The first-order valence-electron chi connectivity index (χ1n) is 11.2. The van der Waals surface area contributed by atoms with Gasteiger partial charge in [-0.1, -0.05) is 133 Å². The van der Waals surface area contributed by atoms with Crippen molar-refractivity contribution in [3.8, 4) is 22.3 Å². The molecule has 0 bridgehead atoms. The van der Waals surface area contributed by atoms with Gasteiger partial charge in [-0.15, -0.1) is 0 Å². The SMILES string of the molecule is Bc1ccc(-c2cccc3c2-c2ccccc2C3(c2ccccc2)c2ccccc2)cc1.